The minimum absolute atomic E-state index is 0.193. The van der Waals surface area contributed by atoms with Gasteiger partial charge in [0.25, 0.3) is 0 Å². The van der Waals surface area contributed by atoms with E-state index in [4.69, 9.17) is 0 Å². The molecule has 1 aliphatic rings. The van der Waals surface area contributed by atoms with Crippen molar-refractivity contribution in [2.24, 2.45) is 0 Å². The molecule has 9 aromatic rings. The van der Waals surface area contributed by atoms with E-state index in [2.05, 4.69) is 222 Å². The summed E-state index contributed by atoms with van der Waals surface area (Å²) in [6, 6.07) is 77.1. The first-order valence-corrected chi connectivity index (χ1v) is 19.8. The Labute approximate surface area is 327 Å². The van der Waals surface area contributed by atoms with Crippen LogP contribution in [0, 0.1) is 0 Å². The molecule has 2 heterocycles. The Hall–Kier alpha value is -6.55. The van der Waals surface area contributed by atoms with Gasteiger partial charge in [0.15, 0.2) is 0 Å². The van der Waals surface area contributed by atoms with E-state index in [-0.39, 0.29) is 5.92 Å². The summed E-state index contributed by atoms with van der Waals surface area (Å²) in [5.41, 5.74) is 14.7. The molecule has 262 valence electrons. The Bertz CT molecular complexity index is 2640. The van der Waals surface area contributed by atoms with Crippen LogP contribution in [0.4, 0.5) is 17.1 Å². The van der Waals surface area contributed by atoms with E-state index in [1.165, 1.54) is 65.5 Å². The Kier molecular flexibility index (Phi) is 8.63. The second-order valence-electron chi connectivity index (χ2n) is 14.1. The second kappa shape index (κ2) is 14.4. The van der Waals surface area contributed by atoms with E-state index < -0.39 is 0 Å². The largest absolute Gasteiger partial charge is 0.312 e. The molecule has 0 saturated heterocycles. The molecule has 0 fully saturated rings. The topological polar surface area (TPSA) is 8.17 Å². The lowest BCUT2D eigenvalue weighted by Gasteiger charge is -2.28. The molecule has 1 aromatic heterocycles. The normalized spacial score (nSPS) is 13.3. The zero-order valence-corrected chi connectivity index (χ0v) is 31.1. The second-order valence-corrected chi connectivity index (χ2v) is 15.2. The van der Waals surface area contributed by atoms with E-state index in [1.54, 1.807) is 0 Å². The average Bonchev–Trinajstić information content (AvgIpc) is 3.59. The van der Waals surface area contributed by atoms with Crippen LogP contribution in [0.2, 0.25) is 0 Å². The lowest BCUT2D eigenvalue weighted by Crippen LogP contribution is -2.15. The molecule has 2 nitrogen and oxygen atoms in total. The maximum atomic E-state index is 2.53. The summed E-state index contributed by atoms with van der Waals surface area (Å²) in [4.78, 5) is 5.07. The molecular weight excluding hydrogens is 685 g/mol. The smallest absolute Gasteiger partial charge is 0.0545 e. The van der Waals surface area contributed by atoms with Crippen LogP contribution in [0.3, 0.4) is 0 Å². The number of para-hydroxylation sites is 1. The number of nitrogens with zero attached hydrogens (tertiary/aromatic N) is 2. The Morgan fingerprint density at radius 2 is 0.945 bits per heavy atom. The van der Waals surface area contributed by atoms with Crippen LogP contribution in [-0.4, -0.2) is 4.57 Å². The average molecular weight is 723 g/mol. The van der Waals surface area contributed by atoms with Crippen LogP contribution in [0.15, 0.2) is 222 Å². The quantitative estimate of drug-likeness (QED) is 0.154. The summed E-state index contributed by atoms with van der Waals surface area (Å²) >= 11 is 1.91. The first kappa shape index (κ1) is 33.1. The molecule has 8 aromatic carbocycles. The van der Waals surface area contributed by atoms with Crippen molar-refractivity contribution in [2.45, 2.75) is 22.1 Å². The first-order valence-electron chi connectivity index (χ1n) is 18.9. The van der Waals surface area contributed by atoms with Gasteiger partial charge in [-0.25, -0.2) is 0 Å². The summed E-state index contributed by atoms with van der Waals surface area (Å²) < 4.78 is 2.53. The van der Waals surface area contributed by atoms with Gasteiger partial charge in [0.05, 0.1) is 5.52 Å². The Morgan fingerprint density at radius 3 is 1.55 bits per heavy atom. The summed E-state index contributed by atoms with van der Waals surface area (Å²) in [5, 5.41) is 1.26. The van der Waals surface area contributed by atoms with E-state index >= 15 is 0 Å². The van der Waals surface area contributed by atoms with Crippen LogP contribution in [0.1, 0.15) is 22.7 Å². The van der Waals surface area contributed by atoms with Gasteiger partial charge in [0, 0.05) is 49.5 Å². The molecule has 0 saturated carbocycles. The van der Waals surface area contributed by atoms with Crippen LogP contribution < -0.4 is 4.90 Å². The van der Waals surface area contributed by atoms with Crippen LogP contribution in [-0.2, 0) is 6.42 Å². The van der Waals surface area contributed by atoms with Crippen molar-refractivity contribution in [1.29, 1.82) is 0 Å². The molecule has 0 radical (unpaired) electrons. The molecule has 1 atom stereocenters. The SMILES string of the molecule is c1ccc(CC2c3ccccc3Sc3c2n(-c2ccccc2)c2ccc(N(c4ccc(-c5ccccc5)cc4)c4ccc(-c5ccccc5)cc4)cc32)cc1. The Morgan fingerprint density at radius 1 is 0.455 bits per heavy atom. The third kappa shape index (κ3) is 6.23. The first-order chi connectivity index (χ1) is 27.3. The van der Waals surface area contributed by atoms with Crippen molar-refractivity contribution >= 4 is 39.7 Å². The molecule has 10 rings (SSSR count). The lowest BCUT2D eigenvalue weighted by molar-refractivity contribution is 0.718. The number of aromatic nitrogens is 1. The third-order valence-corrected chi connectivity index (χ3v) is 12.0. The standard InChI is InChI=1S/C52H38N2S/c1-5-15-37(16-6-1)35-47-46-23-13-14-24-50(46)55-52-48-36-45(33-34-49(48)54(51(47)52)42-21-11-4-12-22-42)53(43-29-25-40(26-30-43)38-17-7-2-8-18-38)44-31-27-41(28-32-44)39-19-9-3-10-20-39/h1-34,36,47H,35H2. The van der Waals surface area contributed by atoms with Crippen molar-refractivity contribution in [2.75, 3.05) is 4.90 Å². The molecule has 3 heteroatoms. The summed E-state index contributed by atoms with van der Waals surface area (Å²) in [7, 11) is 0. The van der Waals surface area contributed by atoms with Crippen LogP contribution in [0.5, 0.6) is 0 Å². The summed E-state index contributed by atoms with van der Waals surface area (Å²) in [5.74, 6) is 0.193. The zero-order chi connectivity index (χ0) is 36.6. The van der Waals surface area contributed by atoms with E-state index in [0.29, 0.717) is 0 Å². The third-order valence-electron chi connectivity index (χ3n) is 10.8. The van der Waals surface area contributed by atoms with Gasteiger partial charge in [-0.2, -0.15) is 0 Å². The highest BCUT2D eigenvalue weighted by molar-refractivity contribution is 7.99. The molecule has 0 aliphatic carbocycles. The highest BCUT2D eigenvalue weighted by Gasteiger charge is 2.33. The predicted octanol–water partition coefficient (Wildman–Crippen LogP) is 14.3. The molecule has 0 amide bonds. The monoisotopic (exact) mass is 722 g/mol. The van der Waals surface area contributed by atoms with Gasteiger partial charge in [-0.05, 0) is 100 Å². The van der Waals surface area contributed by atoms with Gasteiger partial charge in [0.1, 0.15) is 0 Å². The number of benzene rings is 8. The van der Waals surface area contributed by atoms with E-state index in [0.717, 1.165) is 23.5 Å². The molecule has 55 heavy (non-hydrogen) atoms. The number of hydrogen-bond donors (Lipinski definition) is 0. The number of fused-ring (bicyclic) bond motifs is 4. The van der Waals surface area contributed by atoms with Crippen molar-refractivity contribution < 1.29 is 0 Å². The summed E-state index contributed by atoms with van der Waals surface area (Å²) in [6.07, 6.45) is 0.926. The van der Waals surface area contributed by atoms with Gasteiger partial charge >= 0.3 is 0 Å². The van der Waals surface area contributed by atoms with Gasteiger partial charge in [0.2, 0.25) is 0 Å². The predicted molar refractivity (Wildman–Crippen MR) is 231 cm³/mol. The number of rotatable bonds is 8. The maximum absolute atomic E-state index is 2.53. The fourth-order valence-electron chi connectivity index (χ4n) is 8.18. The lowest BCUT2D eigenvalue weighted by atomic mass is 9.88. The molecular formula is C52H38N2S. The van der Waals surface area contributed by atoms with Gasteiger partial charge in [-0.1, -0.05) is 163 Å². The van der Waals surface area contributed by atoms with Crippen LogP contribution >= 0.6 is 11.8 Å². The zero-order valence-electron chi connectivity index (χ0n) is 30.3. The number of hydrogen-bond acceptors (Lipinski definition) is 2. The maximum Gasteiger partial charge on any atom is 0.0545 e. The van der Waals surface area contributed by atoms with Gasteiger partial charge in [-0.3, -0.25) is 0 Å². The highest BCUT2D eigenvalue weighted by Crippen LogP contribution is 2.53. The minimum atomic E-state index is 0.193. The van der Waals surface area contributed by atoms with E-state index in [1.807, 2.05) is 11.8 Å². The summed E-state index contributed by atoms with van der Waals surface area (Å²) in [6.45, 7) is 0. The van der Waals surface area contributed by atoms with Crippen molar-refractivity contribution in [3.63, 3.8) is 0 Å². The van der Waals surface area contributed by atoms with Crippen LogP contribution in [0.25, 0.3) is 38.8 Å². The molecule has 1 aliphatic heterocycles. The van der Waals surface area contributed by atoms with Gasteiger partial charge in [-0.15, -0.1) is 0 Å². The molecule has 1 unspecified atom stereocenters. The van der Waals surface area contributed by atoms with Gasteiger partial charge < -0.3 is 9.47 Å². The van der Waals surface area contributed by atoms with Crippen molar-refractivity contribution in [1.82, 2.24) is 4.57 Å². The van der Waals surface area contributed by atoms with E-state index in [9.17, 15) is 0 Å². The fraction of sp³-hybridized carbons (Fsp3) is 0.0385. The van der Waals surface area contributed by atoms with Crippen molar-refractivity contribution in [3.05, 3.63) is 229 Å². The molecule has 0 bridgehead atoms. The molecule has 0 N–H and O–H groups in total. The molecule has 0 spiro atoms. The fourth-order valence-corrected chi connectivity index (χ4v) is 9.48. The number of anilines is 3. The Balaban J connectivity index is 1.16. The minimum Gasteiger partial charge on any atom is -0.312 e. The van der Waals surface area contributed by atoms with Crippen molar-refractivity contribution in [3.8, 4) is 27.9 Å². The highest BCUT2D eigenvalue weighted by atomic mass is 32.2.